The van der Waals surface area contributed by atoms with E-state index in [1.165, 1.54) is 0 Å². The Kier molecular flexibility index (Phi) is 7.46. The molecule has 1 aromatic heterocycles. The van der Waals surface area contributed by atoms with Crippen LogP contribution in [0.1, 0.15) is 76.8 Å². The Morgan fingerprint density at radius 1 is 1.29 bits per heavy atom. The van der Waals surface area contributed by atoms with E-state index in [4.69, 9.17) is 4.42 Å². The van der Waals surface area contributed by atoms with E-state index in [1.807, 2.05) is 32.9 Å². The summed E-state index contributed by atoms with van der Waals surface area (Å²) in [5, 5.41) is 3.46. The number of nitrogens with one attached hydrogen (secondary N) is 1. The van der Waals surface area contributed by atoms with Gasteiger partial charge in [-0.05, 0) is 43.7 Å². The smallest absolute Gasteiger partial charge is 0.347 e. The van der Waals surface area contributed by atoms with Crippen LogP contribution >= 0.6 is 0 Å². The molecule has 0 aliphatic carbocycles. The molecule has 0 saturated carbocycles. The maximum Gasteiger partial charge on any atom is 0.347 e. The quantitative estimate of drug-likeness (QED) is 0.646. The summed E-state index contributed by atoms with van der Waals surface area (Å²) in [7, 11) is 0. The second kappa shape index (κ2) is 10.1. The molecule has 168 valence electrons. The lowest BCUT2D eigenvalue weighted by molar-refractivity contribution is -0.139. The first-order valence-electron chi connectivity index (χ1n) is 11.3. The molecule has 31 heavy (non-hydrogen) atoms. The van der Waals surface area contributed by atoms with Crippen molar-refractivity contribution in [1.82, 2.24) is 15.2 Å². The molecule has 1 aliphatic rings. The first kappa shape index (κ1) is 23.0. The largest absolute Gasteiger partial charge is 0.406 e. The molecule has 7 heteroatoms. The van der Waals surface area contributed by atoms with Crippen molar-refractivity contribution in [2.45, 2.75) is 78.3 Å². The van der Waals surface area contributed by atoms with Gasteiger partial charge in [-0.1, -0.05) is 45.7 Å². The normalized spacial score (nSPS) is 17.3. The predicted molar refractivity (Wildman–Crippen MR) is 120 cm³/mol. The second-order valence-corrected chi connectivity index (χ2v) is 8.74. The Labute approximate surface area is 183 Å². The van der Waals surface area contributed by atoms with Gasteiger partial charge < -0.3 is 14.6 Å². The predicted octanol–water partition coefficient (Wildman–Crippen LogP) is 3.88. The summed E-state index contributed by atoms with van der Waals surface area (Å²) in [5.74, 6) is -0.0194. The van der Waals surface area contributed by atoms with Gasteiger partial charge in [-0.15, -0.1) is 0 Å². The zero-order valence-corrected chi connectivity index (χ0v) is 18.9. The zero-order chi connectivity index (χ0) is 22.5. The minimum Gasteiger partial charge on any atom is -0.406 e. The van der Waals surface area contributed by atoms with Gasteiger partial charge in [0.1, 0.15) is 12.1 Å². The van der Waals surface area contributed by atoms with Gasteiger partial charge in [0.25, 0.3) is 0 Å². The van der Waals surface area contributed by atoms with Gasteiger partial charge >= 0.3 is 5.63 Å². The number of likely N-dealkylation sites (tertiary alicyclic amines) is 1. The topological polar surface area (TPSA) is 92.5 Å². The Balaban J connectivity index is 1.80. The molecule has 0 bridgehead atoms. The van der Waals surface area contributed by atoms with Crippen LogP contribution < -0.4 is 10.9 Å². The molecule has 2 aromatic rings. The van der Waals surface area contributed by atoms with Crippen LogP contribution in [0.25, 0.3) is 10.9 Å². The molecule has 1 saturated heterocycles. The Bertz CT molecular complexity index is 998. The molecule has 2 atom stereocenters. The van der Waals surface area contributed by atoms with E-state index in [9.17, 15) is 14.4 Å². The Morgan fingerprint density at radius 2 is 2.06 bits per heavy atom. The maximum absolute atomic E-state index is 13.1. The van der Waals surface area contributed by atoms with Crippen molar-refractivity contribution in [3.8, 4) is 0 Å². The lowest BCUT2D eigenvalue weighted by atomic mass is 10.0. The number of carbonyl (C=O) groups is 2. The van der Waals surface area contributed by atoms with Crippen LogP contribution in [0.3, 0.4) is 0 Å². The van der Waals surface area contributed by atoms with Crippen molar-refractivity contribution < 1.29 is 14.0 Å². The molecular formula is C24H33N3O4. The number of amides is 2. The minimum absolute atomic E-state index is 0.0398. The van der Waals surface area contributed by atoms with Gasteiger partial charge in [-0.2, -0.15) is 0 Å². The monoisotopic (exact) mass is 427 g/mol. The average molecular weight is 428 g/mol. The maximum atomic E-state index is 13.1. The van der Waals surface area contributed by atoms with Crippen LogP contribution in [0.15, 0.2) is 27.4 Å². The summed E-state index contributed by atoms with van der Waals surface area (Å²) in [6, 6.07) is 4.43. The summed E-state index contributed by atoms with van der Waals surface area (Å²) in [5.41, 5.74) is 0.907. The third-order valence-corrected chi connectivity index (χ3v) is 5.98. The highest BCUT2D eigenvalue weighted by atomic mass is 16.4. The number of fused-ring (bicyclic) bond motifs is 1. The number of aryl methyl sites for hydroxylation is 1. The van der Waals surface area contributed by atoms with Gasteiger partial charge in [0.05, 0.1) is 10.9 Å². The van der Waals surface area contributed by atoms with E-state index in [2.05, 4.69) is 17.2 Å². The van der Waals surface area contributed by atoms with Gasteiger partial charge in [0.2, 0.25) is 17.7 Å². The SMILES string of the molecule is CCCCCC(=O)N1CCC[C@H]1C(=O)N[C@H](c1nc2cccc(C)c2c(=O)o1)C(C)C. The first-order valence-corrected chi connectivity index (χ1v) is 11.3. The van der Waals surface area contributed by atoms with Crippen LogP contribution in [0.4, 0.5) is 0 Å². The fourth-order valence-corrected chi connectivity index (χ4v) is 4.20. The Morgan fingerprint density at radius 3 is 2.77 bits per heavy atom. The van der Waals surface area contributed by atoms with Crippen LogP contribution in [-0.2, 0) is 9.59 Å². The van der Waals surface area contributed by atoms with Crippen molar-refractivity contribution in [2.75, 3.05) is 6.54 Å². The molecule has 1 fully saturated rings. The van der Waals surface area contributed by atoms with Crippen molar-refractivity contribution in [3.05, 3.63) is 40.1 Å². The van der Waals surface area contributed by atoms with Crippen LogP contribution in [0.5, 0.6) is 0 Å². The molecule has 0 radical (unpaired) electrons. The van der Waals surface area contributed by atoms with Gasteiger partial charge in [0, 0.05) is 13.0 Å². The van der Waals surface area contributed by atoms with Crippen LogP contribution in [0, 0.1) is 12.8 Å². The third-order valence-electron chi connectivity index (χ3n) is 5.98. The summed E-state index contributed by atoms with van der Waals surface area (Å²) >= 11 is 0. The highest BCUT2D eigenvalue weighted by Crippen LogP contribution is 2.25. The number of carbonyl (C=O) groups excluding carboxylic acids is 2. The third kappa shape index (κ3) is 5.14. The van der Waals surface area contributed by atoms with E-state index in [0.29, 0.717) is 30.3 Å². The molecule has 1 aliphatic heterocycles. The highest BCUT2D eigenvalue weighted by Gasteiger charge is 2.36. The van der Waals surface area contributed by atoms with Crippen LogP contribution in [-0.4, -0.2) is 34.3 Å². The van der Waals surface area contributed by atoms with Gasteiger partial charge in [-0.3, -0.25) is 9.59 Å². The molecule has 7 nitrogen and oxygen atoms in total. The lowest BCUT2D eigenvalue weighted by Gasteiger charge is -2.27. The lowest BCUT2D eigenvalue weighted by Crippen LogP contribution is -2.47. The number of rotatable bonds is 8. The molecule has 2 amide bonds. The summed E-state index contributed by atoms with van der Waals surface area (Å²) in [6.45, 7) is 8.43. The van der Waals surface area contributed by atoms with Crippen molar-refractivity contribution in [3.63, 3.8) is 0 Å². The van der Waals surface area contributed by atoms with E-state index in [0.717, 1.165) is 31.2 Å². The van der Waals surface area contributed by atoms with E-state index in [1.54, 1.807) is 11.0 Å². The summed E-state index contributed by atoms with van der Waals surface area (Å²) in [4.78, 5) is 44.6. The number of benzene rings is 1. The molecule has 0 spiro atoms. The molecule has 0 unspecified atom stereocenters. The fraction of sp³-hybridized carbons (Fsp3) is 0.583. The number of hydrogen-bond acceptors (Lipinski definition) is 5. The summed E-state index contributed by atoms with van der Waals surface area (Å²) < 4.78 is 5.54. The second-order valence-electron chi connectivity index (χ2n) is 8.74. The molecular weight excluding hydrogens is 394 g/mol. The number of nitrogens with zero attached hydrogens (tertiary/aromatic N) is 2. The zero-order valence-electron chi connectivity index (χ0n) is 18.9. The van der Waals surface area contributed by atoms with Crippen molar-refractivity contribution >= 4 is 22.7 Å². The molecule has 3 rings (SSSR count). The van der Waals surface area contributed by atoms with E-state index < -0.39 is 17.7 Å². The number of aromatic nitrogens is 1. The first-order chi connectivity index (χ1) is 14.8. The minimum atomic E-state index is -0.553. The van der Waals surface area contributed by atoms with Crippen LogP contribution in [0.2, 0.25) is 0 Å². The van der Waals surface area contributed by atoms with Crippen molar-refractivity contribution in [1.29, 1.82) is 0 Å². The summed E-state index contributed by atoms with van der Waals surface area (Å²) in [6.07, 6.45) is 4.85. The standard InChI is InChI=1S/C24H33N3O4/c1-5-6-7-13-19(28)27-14-9-12-18(27)22(29)26-21(15(2)3)23-25-17-11-8-10-16(4)20(17)24(30)31-23/h8,10-11,15,18,21H,5-7,9,12-14H2,1-4H3,(H,26,29)/t18-,21-/m0/s1. The van der Waals surface area contributed by atoms with E-state index in [-0.39, 0.29) is 23.6 Å². The highest BCUT2D eigenvalue weighted by molar-refractivity contribution is 5.88. The molecule has 2 heterocycles. The number of hydrogen-bond donors (Lipinski definition) is 1. The molecule has 1 N–H and O–H groups in total. The van der Waals surface area contributed by atoms with Gasteiger partial charge in [0.15, 0.2) is 0 Å². The average Bonchev–Trinajstić information content (AvgIpc) is 3.21. The fourth-order valence-electron chi connectivity index (χ4n) is 4.20. The van der Waals surface area contributed by atoms with Crippen molar-refractivity contribution in [2.24, 2.45) is 5.92 Å². The van der Waals surface area contributed by atoms with Gasteiger partial charge in [-0.25, -0.2) is 9.78 Å². The molecule has 1 aromatic carbocycles. The number of unbranched alkanes of at least 4 members (excludes halogenated alkanes) is 2. The Hall–Kier alpha value is -2.70. The van der Waals surface area contributed by atoms with E-state index >= 15 is 0 Å².